The van der Waals surface area contributed by atoms with Gasteiger partial charge in [-0.1, -0.05) is 17.7 Å². The summed E-state index contributed by atoms with van der Waals surface area (Å²) in [7, 11) is 0. The minimum absolute atomic E-state index is 0.00678. The van der Waals surface area contributed by atoms with Crippen LogP contribution in [-0.4, -0.2) is 29.9 Å². The molecule has 4 rings (SSSR count). The zero-order chi connectivity index (χ0) is 15.8. The molecule has 2 heterocycles. The number of nitrogens with zero attached hydrogens (tertiary/aromatic N) is 1. The fourth-order valence-electron chi connectivity index (χ4n) is 2.78. The number of hydrogen-bond acceptors (Lipinski definition) is 4. The monoisotopic (exact) mass is 347 g/mol. The van der Waals surface area contributed by atoms with Gasteiger partial charge in [0.05, 0.1) is 0 Å². The lowest BCUT2D eigenvalue weighted by Crippen LogP contribution is -2.30. The molecule has 0 spiro atoms. The molecule has 0 aromatic heterocycles. The average Bonchev–Trinajstić information content (AvgIpc) is 3.23. The van der Waals surface area contributed by atoms with Crippen molar-refractivity contribution in [2.45, 2.75) is 5.37 Å². The van der Waals surface area contributed by atoms with Crippen LogP contribution in [0.4, 0.5) is 0 Å². The highest BCUT2D eigenvalue weighted by Gasteiger charge is 2.32. The number of carbonyl (C=O) groups excluding carboxylic acids is 1. The van der Waals surface area contributed by atoms with Crippen molar-refractivity contribution in [2.75, 3.05) is 19.1 Å². The molecule has 1 atom stereocenters. The number of thioether (sulfide) groups is 1. The Balaban J connectivity index is 1.61. The fraction of sp³-hybridized carbons (Fsp3) is 0.235. The van der Waals surface area contributed by atoms with Crippen molar-refractivity contribution in [3.63, 3.8) is 0 Å². The minimum Gasteiger partial charge on any atom is -0.454 e. The van der Waals surface area contributed by atoms with Gasteiger partial charge in [-0.3, -0.25) is 4.79 Å². The van der Waals surface area contributed by atoms with Crippen molar-refractivity contribution < 1.29 is 14.3 Å². The van der Waals surface area contributed by atoms with Gasteiger partial charge in [-0.2, -0.15) is 0 Å². The lowest BCUT2D eigenvalue weighted by atomic mass is 10.1. The van der Waals surface area contributed by atoms with Gasteiger partial charge in [0, 0.05) is 22.9 Å². The fourth-order valence-corrected chi connectivity index (χ4v) is 4.15. The topological polar surface area (TPSA) is 38.8 Å². The summed E-state index contributed by atoms with van der Waals surface area (Å²) in [5, 5.41) is 0.623. The Labute approximate surface area is 143 Å². The normalized spacial score (nSPS) is 19.2. The number of hydrogen-bond donors (Lipinski definition) is 0. The van der Waals surface area contributed by atoms with Gasteiger partial charge in [-0.25, -0.2) is 0 Å². The van der Waals surface area contributed by atoms with E-state index in [-0.39, 0.29) is 18.1 Å². The van der Waals surface area contributed by atoms with E-state index in [1.165, 1.54) is 0 Å². The molecule has 1 amide bonds. The molecule has 1 unspecified atom stereocenters. The summed E-state index contributed by atoms with van der Waals surface area (Å²) in [4.78, 5) is 14.7. The molecule has 0 N–H and O–H groups in total. The molecule has 2 aromatic rings. The minimum atomic E-state index is -0.00678. The summed E-state index contributed by atoms with van der Waals surface area (Å²) < 4.78 is 10.8. The molecule has 23 heavy (non-hydrogen) atoms. The highest BCUT2D eigenvalue weighted by atomic mass is 35.5. The molecule has 118 valence electrons. The molecule has 6 heteroatoms. The molecule has 0 radical (unpaired) electrons. The number of halogens is 1. The quantitative estimate of drug-likeness (QED) is 0.824. The maximum absolute atomic E-state index is 12.8. The van der Waals surface area contributed by atoms with E-state index in [1.807, 2.05) is 23.1 Å². The highest BCUT2D eigenvalue weighted by molar-refractivity contribution is 7.99. The molecule has 0 aliphatic carbocycles. The van der Waals surface area contributed by atoms with Crippen LogP contribution in [0.3, 0.4) is 0 Å². The molecule has 1 saturated heterocycles. The first kappa shape index (κ1) is 14.7. The second-order valence-electron chi connectivity index (χ2n) is 5.34. The maximum Gasteiger partial charge on any atom is 0.255 e. The summed E-state index contributed by atoms with van der Waals surface area (Å²) in [6.07, 6.45) is 0. The number of fused-ring (bicyclic) bond motifs is 1. The second-order valence-corrected chi connectivity index (χ2v) is 6.97. The van der Waals surface area contributed by atoms with Crippen LogP contribution in [0.2, 0.25) is 5.02 Å². The molecular formula is C17H14ClNO3S. The third kappa shape index (κ3) is 2.75. The van der Waals surface area contributed by atoms with E-state index in [1.54, 1.807) is 36.0 Å². The van der Waals surface area contributed by atoms with Crippen LogP contribution in [0.25, 0.3) is 0 Å². The molecule has 4 nitrogen and oxygen atoms in total. The van der Waals surface area contributed by atoms with E-state index in [9.17, 15) is 4.79 Å². The molecule has 2 aromatic carbocycles. The van der Waals surface area contributed by atoms with Crippen molar-refractivity contribution in [1.29, 1.82) is 0 Å². The van der Waals surface area contributed by atoms with Crippen molar-refractivity contribution in [3.8, 4) is 11.5 Å². The van der Waals surface area contributed by atoms with E-state index in [4.69, 9.17) is 21.1 Å². The molecule has 2 aliphatic heterocycles. The largest absolute Gasteiger partial charge is 0.454 e. The van der Waals surface area contributed by atoms with Gasteiger partial charge >= 0.3 is 0 Å². The predicted molar refractivity (Wildman–Crippen MR) is 90.3 cm³/mol. The third-order valence-corrected chi connectivity index (χ3v) is 5.44. The summed E-state index contributed by atoms with van der Waals surface area (Å²) in [6.45, 7) is 0.981. The molecule has 0 saturated carbocycles. The van der Waals surface area contributed by atoms with Gasteiger partial charge in [0.2, 0.25) is 6.79 Å². The SMILES string of the molecule is O=C(c1ccc(Cl)cc1)N1CCSC1c1ccc2c(c1)OCO2. The summed E-state index contributed by atoms with van der Waals surface area (Å²) in [5.74, 6) is 2.44. The zero-order valence-corrected chi connectivity index (χ0v) is 13.8. The Morgan fingerprint density at radius 2 is 1.91 bits per heavy atom. The first-order chi connectivity index (χ1) is 11.2. The van der Waals surface area contributed by atoms with Crippen LogP contribution in [0.15, 0.2) is 42.5 Å². The van der Waals surface area contributed by atoms with Crippen LogP contribution in [0, 0.1) is 0 Å². The van der Waals surface area contributed by atoms with Crippen molar-refractivity contribution in [3.05, 3.63) is 58.6 Å². The molecule has 1 fully saturated rings. The summed E-state index contributed by atoms with van der Waals surface area (Å²) in [6, 6.07) is 12.9. The number of benzene rings is 2. The Hall–Kier alpha value is -1.85. The molecular weight excluding hydrogens is 334 g/mol. The van der Waals surface area contributed by atoms with Gasteiger partial charge in [0.1, 0.15) is 5.37 Å². The lowest BCUT2D eigenvalue weighted by molar-refractivity contribution is 0.0760. The van der Waals surface area contributed by atoms with E-state index >= 15 is 0 Å². The van der Waals surface area contributed by atoms with Crippen molar-refractivity contribution >= 4 is 29.3 Å². The molecule has 2 aliphatic rings. The first-order valence-corrected chi connectivity index (χ1v) is 8.73. The van der Waals surface area contributed by atoms with Gasteiger partial charge in [0.25, 0.3) is 5.91 Å². The number of rotatable bonds is 2. The van der Waals surface area contributed by atoms with Crippen LogP contribution < -0.4 is 9.47 Å². The summed E-state index contributed by atoms with van der Waals surface area (Å²) in [5.41, 5.74) is 1.71. The maximum atomic E-state index is 12.8. The first-order valence-electron chi connectivity index (χ1n) is 7.30. The standard InChI is InChI=1S/C17H14ClNO3S/c18-13-4-1-11(2-5-13)16(20)19-7-8-23-17(19)12-3-6-14-15(9-12)22-10-21-14/h1-6,9,17H,7-8,10H2. The van der Waals surface area contributed by atoms with E-state index < -0.39 is 0 Å². The Morgan fingerprint density at radius 1 is 1.13 bits per heavy atom. The van der Waals surface area contributed by atoms with Crippen LogP contribution in [-0.2, 0) is 0 Å². The van der Waals surface area contributed by atoms with E-state index in [2.05, 4.69) is 0 Å². The molecule has 0 bridgehead atoms. The Kier molecular flexibility index (Phi) is 3.83. The average molecular weight is 348 g/mol. The van der Waals surface area contributed by atoms with Gasteiger partial charge in [0.15, 0.2) is 11.5 Å². The number of carbonyl (C=O) groups is 1. The number of amides is 1. The predicted octanol–water partition coefficient (Wildman–Crippen LogP) is 3.96. The third-order valence-electron chi connectivity index (χ3n) is 3.92. The summed E-state index contributed by atoms with van der Waals surface area (Å²) >= 11 is 7.66. The van der Waals surface area contributed by atoms with Crippen molar-refractivity contribution in [1.82, 2.24) is 4.90 Å². The highest BCUT2D eigenvalue weighted by Crippen LogP contribution is 2.42. The Morgan fingerprint density at radius 3 is 2.74 bits per heavy atom. The smallest absolute Gasteiger partial charge is 0.255 e. The van der Waals surface area contributed by atoms with Gasteiger partial charge < -0.3 is 14.4 Å². The second kappa shape index (κ2) is 5.98. The van der Waals surface area contributed by atoms with Gasteiger partial charge in [-0.15, -0.1) is 11.8 Å². The van der Waals surface area contributed by atoms with Crippen molar-refractivity contribution in [2.24, 2.45) is 0 Å². The number of ether oxygens (including phenoxy) is 2. The van der Waals surface area contributed by atoms with Crippen LogP contribution >= 0.6 is 23.4 Å². The van der Waals surface area contributed by atoms with Crippen LogP contribution in [0.1, 0.15) is 21.3 Å². The van der Waals surface area contributed by atoms with Crippen LogP contribution in [0.5, 0.6) is 11.5 Å². The Bertz CT molecular complexity index is 750. The lowest BCUT2D eigenvalue weighted by Gasteiger charge is -2.24. The van der Waals surface area contributed by atoms with E-state index in [0.29, 0.717) is 10.6 Å². The van der Waals surface area contributed by atoms with Gasteiger partial charge in [-0.05, 0) is 42.0 Å². The zero-order valence-electron chi connectivity index (χ0n) is 12.2. The van der Waals surface area contributed by atoms with E-state index in [0.717, 1.165) is 29.4 Å².